The molecule has 0 radical (unpaired) electrons. The predicted octanol–water partition coefficient (Wildman–Crippen LogP) is 1.59. The SMILES string of the molecule is COc1nc(Cl)nc(NC2CCCCC2C(=O)O)n1. The molecule has 1 aliphatic rings. The Morgan fingerprint density at radius 2 is 2.11 bits per heavy atom. The molecule has 2 unspecified atom stereocenters. The van der Waals surface area contributed by atoms with E-state index in [1.54, 1.807) is 0 Å². The number of nitrogens with zero attached hydrogens (tertiary/aromatic N) is 3. The fourth-order valence-corrected chi connectivity index (χ4v) is 2.41. The number of carboxylic acid groups (broad SMARTS) is 1. The van der Waals surface area contributed by atoms with Gasteiger partial charge in [0.1, 0.15) is 0 Å². The molecule has 0 spiro atoms. The highest BCUT2D eigenvalue weighted by Gasteiger charge is 2.31. The summed E-state index contributed by atoms with van der Waals surface area (Å²) in [4.78, 5) is 22.9. The van der Waals surface area contributed by atoms with Crippen LogP contribution in [-0.4, -0.2) is 39.2 Å². The minimum atomic E-state index is -0.802. The molecular formula is C11H15ClN4O3. The summed E-state index contributed by atoms with van der Waals surface area (Å²) in [6.07, 6.45) is 3.33. The molecule has 1 aliphatic carbocycles. The number of anilines is 1. The first kappa shape index (κ1) is 13.8. The van der Waals surface area contributed by atoms with Gasteiger partial charge in [0, 0.05) is 6.04 Å². The fraction of sp³-hybridized carbons (Fsp3) is 0.636. The zero-order valence-electron chi connectivity index (χ0n) is 10.5. The molecule has 0 amide bonds. The van der Waals surface area contributed by atoms with Gasteiger partial charge in [0.2, 0.25) is 11.2 Å². The van der Waals surface area contributed by atoms with Gasteiger partial charge < -0.3 is 15.2 Å². The van der Waals surface area contributed by atoms with E-state index in [4.69, 9.17) is 16.3 Å². The molecule has 2 atom stereocenters. The minimum absolute atomic E-state index is 0.0111. The summed E-state index contributed by atoms with van der Waals surface area (Å²) in [6.45, 7) is 0. The maximum Gasteiger partial charge on any atom is 0.322 e. The van der Waals surface area contributed by atoms with Crippen molar-refractivity contribution >= 4 is 23.5 Å². The third-order valence-corrected chi connectivity index (χ3v) is 3.34. The molecule has 1 fully saturated rings. The standard InChI is InChI=1S/C11H15ClN4O3/c1-19-11-15-9(12)14-10(16-11)13-7-5-3-2-4-6(7)8(17)18/h6-7H,2-5H2,1H3,(H,17,18)(H,13,14,15,16). The number of hydrogen-bond acceptors (Lipinski definition) is 6. The lowest BCUT2D eigenvalue weighted by molar-refractivity contribution is -0.143. The van der Waals surface area contributed by atoms with Crippen LogP contribution in [0.25, 0.3) is 0 Å². The second-order valence-corrected chi connectivity index (χ2v) is 4.73. The lowest BCUT2D eigenvalue weighted by Gasteiger charge is -2.29. The first-order chi connectivity index (χ1) is 9.10. The normalized spacial score (nSPS) is 22.8. The van der Waals surface area contributed by atoms with Crippen molar-refractivity contribution in [3.05, 3.63) is 5.28 Å². The number of methoxy groups -OCH3 is 1. The van der Waals surface area contributed by atoms with Crippen LogP contribution >= 0.6 is 11.6 Å². The Morgan fingerprint density at radius 1 is 1.37 bits per heavy atom. The summed E-state index contributed by atoms with van der Waals surface area (Å²) in [5, 5.41) is 12.2. The monoisotopic (exact) mass is 286 g/mol. The fourth-order valence-electron chi connectivity index (χ4n) is 2.25. The van der Waals surface area contributed by atoms with E-state index in [1.807, 2.05) is 0 Å². The molecule has 0 aromatic carbocycles. The van der Waals surface area contributed by atoms with E-state index in [0.717, 1.165) is 19.3 Å². The maximum atomic E-state index is 11.2. The van der Waals surface area contributed by atoms with E-state index < -0.39 is 11.9 Å². The third-order valence-electron chi connectivity index (χ3n) is 3.17. The van der Waals surface area contributed by atoms with Crippen LogP contribution in [0.3, 0.4) is 0 Å². The lowest BCUT2D eigenvalue weighted by atomic mass is 9.84. The highest BCUT2D eigenvalue weighted by molar-refractivity contribution is 6.28. The van der Waals surface area contributed by atoms with Crippen molar-refractivity contribution in [1.29, 1.82) is 0 Å². The van der Waals surface area contributed by atoms with Gasteiger partial charge >= 0.3 is 12.0 Å². The summed E-state index contributed by atoms with van der Waals surface area (Å²) in [6, 6.07) is -0.0976. The van der Waals surface area contributed by atoms with Gasteiger partial charge in [-0.15, -0.1) is 0 Å². The molecule has 8 heteroatoms. The lowest BCUT2D eigenvalue weighted by Crippen LogP contribution is -2.37. The van der Waals surface area contributed by atoms with Crippen molar-refractivity contribution < 1.29 is 14.6 Å². The van der Waals surface area contributed by atoms with E-state index in [2.05, 4.69) is 20.3 Å². The number of carboxylic acids is 1. The molecule has 1 aromatic rings. The highest BCUT2D eigenvalue weighted by Crippen LogP contribution is 2.27. The topological polar surface area (TPSA) is 97.2 Å². The molecule has 1 aromatic heterocycles. The summed E-state index contributed by atoms with van der Waals surface area (Å²) in [5.41, 5.74) is 0. The number of hydrogen-bond donors (Lipinski definition) is 2. The minimum Gasteiger partial charge on any atom is -0.481 e. The van der Waals surface area contributed by atoms with E-state index in [0.29, 0.717) is 6.42 Å². The quantitative estimate of drug-likeness (QED) is 0.867. The first-order valence-corrected chi connectivity index (χ1v) is 6.43. The van der Waals surface area contributed by atoms with Gasteiger partial charge in [-0.1, -0.05) is 12.8 Å². The van der Waals surface area contributed by atoms with Gasteiger partial charge in [0.25, 0.3) is 0 Å². The largest absolute Gasteiger partial charge is 0.481 e. The van der Waals surface area contributed by atoms with E-state index >= 15 is 0 Å². The molecule has 0 bridgehead atoms. The number of aromatic nitrogens is 3. The predicted molar refractivity (Wildman–Crippen MR) is 68.4 cm³/mol. The number of ether oxygens (including phenoxy) is 1. The van der Waals surface area contributed by atoms with Crippen molar-refractivity contribution in [2.75, 3.05) is 12.4 Å². The molecule has 0 saturated heterocycles. The van der Waals surface area contributed by atoms with E-state index in [1.165, 1.54) is 7.11 Å². The van der Waals surface area contributed by atoms with Crippen LogP contribution in [0.4, 0.5) is 5.95 Å². The van der Waals surface area contributed by atoms with Crippen LogP contribution in [0.5, 0.6) is 6.01 Å². The van der Waals surface area contributed by atoms with Crippen LogP contribution in [-0.2, 0) is 4.79 Å². The number of nitrogens with one attached hydrogen (secondary N) is 1. The van der Waals surface area contributed by atoms with Crippen molar-refractivity contribution in [1.82, 2.24) is 15.0 Å². The summed E-state index contributed by atoms with van der Waals surface area (Å²) in [7, 11) is 1.43. The number of halogens is 1. The molecule has 1 saturated carbocycles. The Labute approximate surface area is 115 Å². The van der Waals surface area contributed by atoms with Crippen molar-refractivity contribution in [2.24, 2.45) is 5.92 Å². The van der Waals surface area contributed by atoms with Crippen LogP contribution in [0, 0.1) is 5.92 Å². The maximum absolute atomic E-state index is 11.2. The Morgan fingerprint density at radius 3 is 2.79 bits per heavy atom. The second kappa shape index (κ2) is 6.01. The average Bonchev–Trinajstić information content (AvgIpc) is 2.38. The van der Waals surface area contributed by atoms with Crippen LogP contribution in [0.15, 0.2) is 0 Å². The summed E-state index contributed by atoms with van der Waals surface area (Å²) < 4.78 is 4.90. The molecule has 19 heavy (non-hydrogen) atoms. The van der Waals surface area contributed by atoms with Gasteiger partial charge in [-0.05, 0) is 24.4 Å². The number of aliphatic carboxylic acids is 1. The molecule has 0 aliphatic heterocycles. The van der Waals surface area contributed by atoms with Gasteiger partial charge in [0.15, 0.2) is 0 Å². The second-order valence-electron chi connectivity index (χ2n) is 4.39. The molecule has 2 rings (SSSR count). The van der Waals surface area contributed by atoms with Gasteiger partial charge in [0.05, 0.1) is 13.0 Å². The van der Waals surface area contributed by atoms with Crippen LogP contribution in [0.2, 0.25) is 5.28 Å². The van der Waals surface area contributed by atoms with Gasteiger partial charge in [-0.2, -0.15) is 15.0 Å². The number of rotatable bonds is 4. The third kappa shape index (κ3) is 3.44. The van der Waals surface area contributed by atoms with E-state index in [-0.39, 0.29) is 23.3 Å². The van der Waals surface area contributed by atoms with Crippen molar-refractivity contribution in [3.8, 4) is 6.01 Å². The molecule has 2 N–H and O–H groups in total. The average molecular weight is 287 g/mol. The van der Waals surface area contributed by atoms with Gasteiger partial charge in [-0.25, -0.2) is 0 Å². The molecule has 1 heterocycles. The zero-order valence-corrected chi connectivity index (χ0v) is 11.2. The zero-order chi connectivity index (χ0) is 13.8. The first-order valence-electron chi connectivity index (χ1n) is 6.05. The van der Waals surface area contributed by atoms with Crippen LogP contribution < -0.4 is 10.1 Å². The summed E-state index contributed by atoms with van der Waals surface area (Å²) in [5.74, 6) is -0.991. The molecular weight excluding hydrogens is 272 g/mol. The van der Waals surface area contributed by atoms with Crippen molar-refractivity contribution in [2.45, 2.75) is 31.7 Å². The summed E-state index contributed by atoms with van der Waals surface area (Å²) >= 11 is 5.75. The smallest absolute Gasteiger partial charge is 0.322 e. The molecule has 104 valence electrons. The molecule has 7 nitrogen and oxygen atoms in total. The Hall–Kier alpha value is -1.63. The van der Waals surface area contributed by atoms with Crippen LogP contribution in [0.1, 0.15) is 25.7 Å². The Kier molecular flexibility index (Phi) is 4.36. The Balaban J connectivity index is 2.14. The van der Waals surface area contributed by atoms with Crippen molar-refractivity contribution in [3.63, 3.8) is 0 Å². The number of carbonyl (C=O) groups is 1. The Bertz CT molecular complexity index is 471. The van der Waals surface area contributed by atoms with E-state index in [9.17, 15) is 9.90 Å². The van der Waals surface area contributed by atoms with Gasteiger partial charge in [-0.3, -0.25) is 4.79 Å². The highest BCUT2D eigenvalue weighted by atomic mass is 35.5.